The second-order valence-electron chi connectivity index (χ2n) is 3.98. The Kier molecular flexibility index (Phi) is 4.78. The number of amides is 1. The molecule has 1 unspecified atom stereocenters. The van der Waals surface area contributed by atoms with E-state index in [0.29, 0.717) is 6.54 Å². The van der Waals surface area contributed by atoms with Crippen LogP contribution < -0.4 is 10.6 Å². The maximum Gasteiger partial charge on any atom is 0.247 e. The molecule has 0 aromatic rings. The van der Waals surface area contributed by atoms with Crippen molar-refractivity contribution < 1.29 is 9.90 Å². The first-order valence-electron chi connectivity index (χ1n) is 5.50. The molecule has 0 aromatic carbocycles. The maximum atomic E-state index is 11.6. The SMILES string of the molecule is CCCC(O)CNC(=O)C(C)=C1CNC1. The van der Waals surface area contributed by atoms with E-state index in [1.54, 1.807) is 0 Å². The fourth-order valence-corrected chi connectivity index (χ4v) is 1.45. The van der Waals surface area contributed by atoms with Crippen LogP contribution in [0.4, 0.5) is 0 Å². The summed E-state index contributed by atoms with van der Waals surface area (Å²) in [7, 11) is 0. The molecular formula is C11H20N2O2. The molecule has 1 rings (SSSR count). The van der Waals surface area contributed by atoms with E-state index >= 15 is 0 Å². The van der Waals surface area contributed by atoms with Gasteiger partial charge in [0.25, 0.3) is 0 Å². The lowest BCUT2D eigenvalue weighted by Gasteiger charge is -2.21. The van der Waals surface area contributed by atoms with Gasteiger partial charge in [0.1, 0.15) is 0 Å². The molecule has 0 radical (unpaired) electrons. The lowest BCUT2D eigenvalue weighted by atomic mass is 10.0. The minimum Gasteiger partial charge on any atom is -0.391 e. The van der Waals surface area contributed by atoms with Crippen LogP contribution >= 0.6 is 0 Å². The molecule has 4 heteroatoms. The van der Waals surface area contributed by atoms with Crippen LogP contribution in [0.15, 0.2) is 11.1 Å². The smallest absolute Gasteiger partial charge is 0.247 e. The third-order valence-electron chi connectivity index (χ3n) is 2.67. The van der Waals surface area contributed by atoms with Crippen molar-refractivity contribution in [1.29, 1.82) is 0 Å². The van der Waals surface area contributed by atoms with Crippen LogP contribution in [0.3, 0.4) is 0 Å². The summed E-state index contributed by atoms with van der Waals surface area (Å²) in [4.78, 5) is 11.6. The highest BCUT2D eigenvalue weighted by Crippen LogP contribution is 2.08. The molecule has 0 spiro atoms. The molecule has 1 heterocycles. The quantitative estimate of drug-likeness (QED) is 0.570. The molecule has 0 aliphatic carbocycles. The van der Waals surface area contributed by atoms with Crippen LogP contribution in [0, 0.1) is 0 Å². The Morgan fingerprint density at radius 1 is 1.60 bits per heavy atom. The number of aliphatic hydroxyl groups is 1. The third kappa shape index (κ3) is 3.64. The second-order valence-corrected chi connectivity index (χ2v) is 3.98. The topological polar surface area (TPSA) is 61.4 Å². The van der Waals surface area contributed by atoms with Gasteiger partial charge in [-0.2, -0.15) is 0 Å². The van der Waals surface area contributed by atoms with E-state index in [4.69, 9.17) is 0 Å². The first kappa shape index (κ1) is 12.2. The predicted molar refractivity (Wildman–Crippen MR) is 59.5 cm³/mol. The van der Waals surface area contributed by atoms with Crippen LogP contribution in [0.1, 0.15) is 26.7 Å². The van der Waals surface area contributed by atoms with Gasteiger partial charge in [-0.1, -0.05) is 13.3 Å². The lowest BCUT2D eigenvalue weighted by molar-refractivity contribution is -0.118. The number of hydrogen-bond donors (Lipinski definition) is 3. The molecule has 0 aromatic heterocycles. The van der Waals surface area contributed by atoms with Gasteiger partial charge < -0.3 is 15.7 Å². The molecule has 0 bridgehead atoms. The molecule has 1 aliphatic heterocycles. The van der Waals surface area contributed by atoms with Gasteiger partial charge in [0.15, 0.2) is 0 Å². The Balaban J connectivity index is 2.29. The zero-order valence-electron chi connectivity index (χ0n) is 9.47. The Morgan fingerprint density at radius 3 is 2.73 bits per heavy atom. The van der Waals surface area contributed by atoms with Crippen molar-refractivity contribution in [1.82, 2.24) is 10.6 Å². The van der Waals surface area contributed by atoms with Crippen molar-refractivity contribution in [3.8, 4) is 0 Å². The fraction of sp³-hybridized carbons (Fsp3) is 0.727. The molecule has 15 heavy (non-hydrogen) atoms. The normalized spacial score (nSPS) is 16.9. The number of carbonyl (C=O) groups excluding carboxylic acids is 1. The van der Waals surface area contributed by atoms with Gasteiger partial charge in [-0.15, -0.1) is 0 Å². The van der Waals surface area contributed by atoms with Gasteiger partial charge in [0.2, 0.25) is 5.91 Å². The minimum absolute atomic E-state index is 0.0540. The number of aliphatic hydroxyl groups excluding tert-OH is 1. The first-order valence-corrected chi connectivity index (χ1v) is 5.50. The fourth-order valence-electron chi connectivity index (χ4n) is 1.45. The molecule has 1 amide bonds. The number of rotatable bonds is 5. The summed E-state index contributed by atoms with van der Waals surface area (Å²) in [6, 6.07) is 0. The van der Waals surface area contributed by atoms with Gasteiger partial charge >= 0.3 is 0 Å². The third-order valence-corrected chi connectivity index (χ3v) is 2.67. The van der Waals surface area contributed by atoms with Crippen LogP contribution in [-0.4, -0.2) is 36.8 Å². The van der Waals surface area contributed by atoms with Crippen LogP contribution in [0.2, 0.25) is 0 Å². The molecule has 1 fully saturated rings. The van der Waals surface area contributed by atoms with E-state index in [9.17, 15) is 9.90 Å². The van der Waals surface area contributed by atoms with Crippen LogP contribution in [0.25, 0.3) is 0 Å². The summed E-state index contributed by atoms with van der Waals surface area (Å²) >= 11 is 0. The van der Waals surface area contributed by atoms with Crippen molar-refractivity contribution in [3.05, 3.63) is 11.1 Å². The summed E-state index contributed by atoms with van der Waals surface area (Å²) in [6.07, 6.45) is 1.25. The zero-order valence-corrected chi connectivity index (χ0v) is 9.47. The van der Waals surface area contributed by atoms with E-state index in [1.807, 2.05) is 13.8 Å². The first-order chi connectivity index (χ1) is 7.15. The standard InChI is InChI=1S/C11H20N2O2/c1-3-4-10(14)7-13-11(15)8(2)9-5-12-6-9/h10,12,14H,3-7H2,1-2H3,(H,13,15). The average Bonchev–Trinajstić information content (AvgIpc) is 2.11. The second kappa shape index (κ2) is 5.88. The van der Waals surface area contributed by atoms with E-state index in [0.717, 1.165) is 37.1 Å². The average molecular weight is 212 g/mol. The lowest BCUT2D eigenvalue weighted by Crippen LogP contribution is -2.39. The van der Waals surface area contributed by atoms with Crippen molar-refractivity contribution in [3.63, 3.8) is 0 Å². The van der Waals surface area contributed by atoms with E-state index < -0.39 is 6.10 Å². The van der Waals surface area contributed by atoms with Crippen LogP contribution in [0.5, 0.6) is 0 Å². The van der Waals surface area contributed by atoms with Crippen molar-refractivity contribution in [2.45, 2.75) is 32.8 Å². The molecule has 3 N–H and O–H groups in total. The van der Waals surface area contributed by atoms with Crippen LogP contribution in [-0.2, 0) is 4.79 Å². The van der Waals surface area contributed by atoms with Crippen molar-refractivity contribution >= 4 is 5.91 Å². The summed E-state index contributed by atoms with van der Waals surface area (Å²) in [6.45, 7) is 5.83. The highest BCUT2D eigenvalue weighted by molar-refractivity contribution is 5.93. The molecular weight excluding hydrogens is 192 g/mol. The van der Waals surface area contributed by atoms with E-state index in [2.05, 4.69) is 10.6 Å². The Hall–Kier alpha value is -0.870. The Morgan fingerprint density at radius 2 is 2.27 bits per heavy atom. The van der Waals surface area contributed by atoms with E-state index in [-0.39, 0.29) is 5.91 Å². The summed E-state index contributed by atoms with van der Waals surface area (Å²) < 4.78 is 0. The molecule has 86 valence electrons. The van der Waals surface area contributed by atoms with Gasteiger partial charge in [-0.05, 0) is 18.9 Å². The number of nitrogens with one attached hydrogen (secondary N) is 2. The summed E-state index contributed by atoms with van der Waals surface area (Å²) in [5.41, 5.74) is 1.95. The summed E-state index contributed by atoms with van der Waals surface area (Å²) in [5, 5.41) is 15.3. The Bertz CT molecular complexity index is 255. The highest BCUT2D eigenvalue weighted by atomic mass is 16.3. The van der Waals surface area contributed by atoms with Gasteiger partial charge in [-0.3, -0.25) is 4.79 Å². The van der Waals surface area contributed by atoms with Gasteiger partial charge in [-0.25, -0.2) is 0 Å². The Labute approximate surface area is 90.7 Å². The molecule has 0 saturated carbocycles. The van der Waals surface area contributed by atoms with Crippen molar-refractivity contribution in [2.75, 3.05) is 19.6 Å². The largest absolute Gasteiger partial charge is 0.391 e. The summed E-state index contributed by atoms with van der Waals surface area (Å²) in [5.74, 6) is -0.0540. The monoisotopic (exact) mass is 212 g/mol. The highest BCUT2D eigenvalue weighted by Gasteiger charge is 2.16. The van der Waals surface area contributed by atoms with Crippen molar-refractivity contribution in [2.24, 2.45) is 0 Å². The number of carbonyl (C=O) groups is 1. The van der Waals surface area contributed by atoms with Gasteiger partial charge in [0.05, 0.1) is 6.10 Å². The minimum atomic E-state index is -0.420. The zero-order chi connectivity index (χ0) is 11.3. The predicted octanol–water partition coefficient (Wildman–Crippen LogP) is 0.183. The molecule has 1 atom stereocenters. The molecule has 1 aliphatic rings. The molecule has 4 nitrogen and oxygen atoms in total. The molecule has 1 saturated heterocycles. The number of hydrogen-bond acceptors (Lipinski definition) is 3. The maximum absolute atomic E-state index is 11.6. The van der Waals surface area contributed by atoms with E-state index in [1.165, 1.54) is 0 Å². The van der Waals surface area contributed by atoms with Gasteiger partial charge in [0, 0.05) is 25.2 Å².